The molecule has 2 aromatic rings. The molecule has 184 valence electrons. The molecule has 1 aromatic carbocycles. The standard InChI is InChI=1S/C26H32FNO6/c1-14(2)23(19-9-8-15(3)20(27)13-19)17(5)33-26(31)16(4)12-21(30)24-25(34-18(6)29)22(32-7)10-11-28-24/h8-11,13-14,16-17,23H,12H2,1-7H3/t16-,17+,23-/m1/s1. The van der Waals surface area contributed by atoms with E-state index in [1.54, 1.807) is 26.8 Å². The van der Waals surface area contributed by atoms with Crippen LogP contribution in [0.3, 0.4) is 0 Å². The van der Waals surface area contributed by atoms with Gasteiger partial charge < -0.3 is 14.2 Å². The van der Waals surface area contributed by atoms with Crippen molar-refractivity contribution in [3.63, 3.8) is 0 Å². The number of aromatic nitrogens is 1. The number of hydrogen-bond acceptors (Lipinski definition) is 7. The Morgan fingerprint density at radius 2 is 1.76 bits per heavy atom. The molecule has 0 saturated heterocycles. The Kier molecular flexibility index (Phi) is 9.29. The van der Waals surface area contributed by atoms with Crippen LogP contribution in [0.5, 0.6) is 11.5 Å². The van der Waals surface area contributed by atoms with Gasteiger partial charge in [0.2, 0.25) is 5.75 Å². The lowest BCUT2D eigenvalue weighted by molar-refractivity contribution is -0.154. The third-order valence-corrected chi connectivity index (χ3v) is 5.60. The van der Waals surface area contributed by atoms with Gasteiger partial charge in [-0.15, -0.1) is 0 Å². The number of methoxy groups -OCH3 is 1. The number of Topliss-reactive ketones (excluding diaryl/α,β-unsaturated/α-hetero) is 1. The van der Waals surface area contributed by atoms with Gasteiger partial charge in [0.15, 0.2) is 17.2 Å². The Morgan fingerprint density at radius 1 is 1.09 bits per heavy atom. The first-order valence-corrected chi connectivity index (χ1v) is 11.2. The zero-order valence-electron chi connectivity index (χ0n) is 20.7. The summed E-state index contributed by atoms with van der Waals surface area (Å²) < 4.78 is 30.1. The fraction of sp³-hybridized carbons (Fsp3) is 0.462. The fourth-order valence-electron chi connectivity index (χ4n) is 3.88. The highest BCUT2D eigenvalue weighted by Gasteiger charge is 2.30. The highest BCUT2D eigenvalue weighted by Crippen LogP contribution is 2.33. The number of rotatable bonds is 10. The van der Waals surface area contributed by atoms with Crippen molar-refractivity contribution in [1.29, 1.82) is 0 Å². The minimum absolute atomic E-state index is 0.0779. The third kappa shape index (κ3) is 6.62. The third-order valence-electron chi connectivity index (χ3n) is 5.60. The normalized spacial score (nSPS) is 13.7. The van der Waals surface area contributed by atoms with Crippen LogP contribution in [0.15, 0.2) is 30.5 Å². The van der Waals surface area contributed by atoms with Gasteiger partial charge in [0.25, 0.3) is 0 Å². The molecule has 0 bridgehead atoms. The van der Waals surface area contributed by atoms with Crippen LogP contribution >= 0.6 is 0 Å². The van der Waals surface area contributed by atoms with E-state index in [2.05, 4.69) is 4.98 Å². The molecule has 0 fully saturated rings. The lowest BCUT2D eigenvalue weighted by Crippen LogP contribution is -2.29. The summed E-state index contributed by atoms with van der Waals surface area (Å²) in [5.74, 6) is -2.82. The molecule has 1 heterocycles. The zero-order chi connectivity index (χ0) is 25.6. The quantitative estimate of drug-likeness (QED) is 0.352. The zero-order valence-corrected chi connectivity index (χ0v) is 20.7. The van der Waals surface area contributed by atoms with Gasteiger partial charge in [-0.3, -0.25) is 14.4 Å². The number of aryl methyl sites for hydroxylation is 1. The number of pyridine rings is 1. The SMILES string of the molecule is COc1ccnc(C(=O)C[C@@H](C)C(=O)O[C@@H](C)[C@H](c2ccc(C)c(F)c2)C(C)C)c1OC(C)=O. The molecule has 0 radical (unpaired) electrons. The van der Waals surface area contributed by atoms with Crippen molar-refractivity contribution in [1.82, 2.24) is 4.98 Å². The predicted octanol–water partition coefficient (Wildman–Crippen LogP) is 5.04. The number of ketones is 1. The predicted molar refractivity (Wildman–Crippen MR) is 124 cm³/mol. The van der Waals surface area contributed by atoms with Crippen molar-refractivity contribution in [2.45, 2.75) is 60.0 Å². The number of halogens is 1. The van der Waals surface area contributed by atoms with E-state index in [4.69, 9.17) is 14.2 Å². The maximum Gasteiger partial charge on any atom is 0.309 e. The highest BCUT2D eigenvalue weighted by atomic mass is 19.1. The number of nitrogens with zero attached hydrogens (tertiary/aromatic N) is 1. The number of carbonyl (C=O) groups is 3. The van der Waals surface area contributed by atoms with E-state index >= 15 is 0 Å². The van der Waals surface area contributed by atoms with Crippen LogP contribution in [-0.4, -0.2) is 35.9 Å². The molecular weight excluding hydrogens is 441 g/mol. The van der Waals surface area contributed by atoms with Gasteiger partial charge in [0, 0.05) is 31.5 Å². The van der Waals surface area contributed by atoms with Crippen LogP contribution in [0.2, 0.25) is 0 Å². The molecule has 0 amide bonds. The van der Waals surface area contributed by atoms with Crippen LogP contribution in [0.1, 0.15) is 68.6 Å². The molecule has 8 heteroatoms. The van der Waals surface area contributed by atoms with E-state index in [1.165, 1.54) is 32.4 Å². The van der Waals surface area contributed by atoms with Crippen molar-refractivity contribution >= 4 is 17.7 Å². The number of carbonyl (C=O) groups excluding carboxylic acids is 3. The van der Waals surface area contributed by atoms with Gasteiger partial charge >= 0.3 is 11.9 Å². The van der Waals surface area contributed by atoms with Crippen LogP contribution in [0.25, 0.3) is 0 Å². The van der Waals surface area contributed by atoms with Gasteiger partial charge in [-0.2, -0.15) is 0 Å². The van der Waals surface area contributed by atoms with Crippen molar-refractivity contribution < 1.29 is 33.0 Å². The highest BCUT2D eigenvalue weighted by molar-refractivity contribution is 5.99. The summed E-state index contributed by atoms with van der Waals surface area (Å²) in [4.78, 5) is 41.2. The number of benzene rings is 1. The lowest BCUT2D eigenvalue weighted by Gasteiger charge is -2.29. The average molecular weight is 474 g/mol. The van der Waals surface area contributed by atoms with Crippen molar-refractivity contribution in [2.75, 3.05) is 7.11 Å². The fourth-order valence-corrected chi connectivity index (χ4v) is 3.88. The molecule has 0 N–H and O–H groups in total. The molecule has 0 spiro atoms. The summed E-state index contributed by atoms with van der Waals surface area (Å²) in [6.45, 7) is 10.2. The molecule has 0 saturated carbocycles. The molecule has 7 nitrogen and oxygen atoms in total. The van der Waals surface area contributed by atoms with Crippen molar-refractivity contribution in [3.05, 3.63) is 53.1 Å². The Hall–Kier alpha value is -3.29. The van der Waals surface area contributed by atoms with Gasteiger partial charge in [-0.1, -0.05) is 32.9 Å². The molecule has 0 unspecified atom stereocenters. The second kappa shape index (κ2) is 11.7. The topological polar surface area (TPSA) is 91.8 Å². The first kappa shape index (κ1) is 27.0. The van der Waals surface area contributed by atoms with Crippen LogP contribution < -0.4 is 9.47 Å². The van der Waals surface area contributed by atoms with E-state index in [0.717, 1.165) is 5.56 Å². The monoisotopic (exact) mass is 473 g/mol. The minimum Gasteiger partial charge on any atom is -0.493 e. The van der Waals surface area contributed by atoms with Crippen molar-refractivity contribution in [2.24, 2.45) is 11.8 Å². The Bertz CT molecular complexity index is 1050. The van der Waals surface area contributed by atoms with E-state index in [-0.39, 0.29) is 41.3 Å². The molecule has 0 aliphatic rings. The van der Waals surface area contributed by atoms with Crippen LogP contribution in [0.4, 0.5) is 4.39 Å². The maximum atomic E-state index is 14.1. The van der Waals surface area contributed by atoms with Gasteiger partial charge in [-0.05, 0) is 37.0 Å². The Labute approximate surface area is 199 Å². The first-order valence-electron chi connectivity index (χ1n) is 11.2. The number of hydrogen-bond donors (Lipinski definition) is 0. The maximum absolute atomic E-state index is 14.1. The van der Waals surface area contributed by atoms with Gasteiger partial charge in [0.1, 0.15) is 11.9 Å². The van der Waals surface area contributed by atoms with Crippen LogP contribution in [-0.2, 0) is 14.3 Å². The first-order chi connectivity index (χ1) is 16.0. The molecule has 2 rings (SSSR count). The molecule has 0 aliphatic heterocycles. The van der Waals surface area contributed by atoms with E-state index in [0.29, 0.717) is 5.56 Å². The van der Waals surface area contributed by atoms with Gasteiger partial charge in [-0.25, -0.2) is 9.37 Å². The molecular formula is C26H32FNO6. The largest absolute Gasteiger partial charge is 0.493 e. The summed E-state index contributed by atoms with van der Waals surface area (Å²) in [6.07, 6.45) is 0.613. The lowest BCUT2D eigenvalue weighted by atomic mass is 9.84. The van der Waals surface area contributed by atoms with Gasteiger partial charge in [0.05, 0.1) is 13.0 Å². The Balaban J connectivity index is 2.15. The second-order valence-electron chi connectivity index (χ2n) is 8.73. The Morgan fingerprint density at radius 3 is 2.32 bits per heavy atom. The summed E-state index contributed by atoms with van der Waals surface area (Å²) in [5.41, 5.74) is 1.19. The average Bonchev–Trinajstić information content (AvgIpc) is 2.75. The number of esters is 2. The van der Waals surface area contributed by atoms with E-state index < -0.39 is 29.7 Å². The summed E-state index contributed by atoms with van der Waals surface area (Å²) in [5, 5.41) is 0. The summed E-state index contributed by atoms with van der Waals surface area (Å²) >= 11 is 0. The summed E-state index contributed by atoms with van der Waals surface area (Å²) in [6, 6.07) is 6.49. The van der Waals surface area contributed by atoms with E-state index in [1.807, 2.05) is 19.9 Å². The minimum atomic E-state index is -0.782. The molecule has 34 heavy (non-hydrogen) atoms. The van der Waals surface area contributed by atoms with Crippen LogP contribution in [0, 0.1) is 24.6 Å². The summed E-state index contributed by atoms with van der Waals surface area (Å²) in [7, 11) is 1.38. The molecule has 3 atom stereocenters. The number of ether oxygens (including phenoxy) is 3. The van der Waals surface area contributed by atoms with E-state index in [9.17, 15) is 18.8 Å². The van der Waals surface area contributed by atoms with Crippen molar-refractivity contribution in [3.8, 4) is 11.5 Å². The second-order valence-corrected chi connectivity index (χ2v) is 8.73. The molecule has 0 aliphatic carbocycles. The smallest absolute Gasteiger partial charge is 0.309 e. The molecule has 1 aromatic heterocycles.